The summed E-state index contributed by atoms with van der Waals surface area (Å²) in [4.78, 5) is 8.87. The van der Waals surface area contributed by atoms with Crippen LogP contribution in [0.25, 0.3) is 39.0 Å². The van der Waals surface area contributed by atoms with Gasteiger partial charge in [-0.15, -0.1) is 0 Å². The fraction of sp³-hybridized carbons (Fsp3) is 0.0400. The van der Waals surface area contributed by atoms with Gasteiger partial charge in [-0.3, -0.25) is 4.99 Å². The average Bonchev–Trinajstić information content (AvgIpc) is 2.73. The van der Waals surface area contributed by atoms with Gasteiger partial charge in [0.1, 0.15) is 0 Å². The van der Waals surface area contributed by atoms with E-state index >= 15 is 0 Å². The fourth-order valence-corrected chi connectivity index (χ4v) is 3.17. The molecule has 0 aliphatic heterocycles. The molecule has 0 aliphatic carbocycles. The van der Waals surface area contributed by atoms with E-state index in [2.05, 4.69) is 85.9 Å². The van der Waals surface area contributed by atoms with E-state index in [1.54, 1.807) is 0 Å². The quantitative estimate of drug-likeness (QED) is 0.384. The molecule has 2 nitrogen and oxygen atoms in total. The highest BCUT2D eigenvalue weighted by Crippen LogP contribution is 2.31. The number of hydrogen-bond donors (Lipinski definition) is 0. The topological polar surface area (TPSA) is 25.2 Å². The van der Waals surface area contributed by atoms with E-state index in [9.17, 15) is 0 Å². The first-order chi connectivity index (χ1) is 13.1. The van der Waals surface area contributed by atoms with Gasteiger partial charge < -0.3 is 0 Å². The van der Waals surface area contributed by atoms with E-state index in [1.807, 2.05) is 18.2 Å². The van der Waals surface area contributed by atoms with Crippen LogP contribution in [0, 0.1) is 6.92 Å². The molecule has 0 bridgehead atoms. The normalized spacial score (nSPS) is 10.7. The van der Waals surface area contributed by atoms with Crippen molar-refractivity contribution in [2.45, 2.75) is 6.92 Å². The number of pyridine rings is 1. The first-order valence-corrected chi connectivity index (χ1v) is 8.88. The Morgan fingerprint density at radius 2 is 1.56 bits per heavy atom. The number of fused-ring (bicyclic) bond motifs is 1. The lowest BCUT2D eigenvalue weighted by Gasteiger charge is -2.11. The van der Waals surface area contributed by atoms with E-state index in [0.717, 1.165) is 38.9 Å². The van der Waals surface area contributed by atoms with Crippen LogP contribution in [0.2, 0.25) is 0 Å². The minimum absolute atomic E-state index is 0.658. The standard InChI is InChI=1S/C25H20N2/c1-17-8-10-19(11-9-17)22-14-21(18(2)26-3)15-23(16-22)25-13-12-20-6-4-5-7-24(20)27-25/h4-16H,2-3H2,1H3. The van der Waals surface area contributed by atoms with Crippen molar-refractivity contribution >= 4 is 23.3 Å². The highest BCUT2D eigenvalue weighted by molar-refractivity contribution is 5.84. The predicted octanol–water partition coefficient (Wildman–Crippen LogP) is 6.55. The Hall–Kier alpha value is -3.52. The molecule has 0 fully saturated rings. The van der Waals surface area contributed by atoms with E-state index < -0.39 is 0 Å². The lowest BCUT2D eigenvalue weighted by Crippen LogP contribution is -1.90. The summed E-state index contributed by atoms with van der Waals surface area (Å²) in [5.74, 6) is 0. The van der Waals surface area contributed by atoms with Gasteiger partial charge in [-0.05, 0) is 55.1 Å². The number of aliphatic imine (C=N–C) groups is 1. The summed E-state index contributed by atoms with van der Waals surface area (Å²) in [5.41, 5.74) is 8.07. The highest BCUT2D eigenvalue weighted by Gasteiger charge is 2.09. The van der Waals surface area contributed by atoms with Crippen molar-refractivity contribution in [1.82, 2.24) is 4.98 Å². The van der Waals surface area contributed by atoms with Gasteiger partial charge in [0.15, 0.2) is 0 Å². The molecular formula is C25H20N2. The average molecular weight is 348 g/mol. The second kappa shape index (κ2) is 7.00. The van der Waals surface area contributed by atoms with Gasteiger partial charge in [0.05, 0.1) is 16.9 Å². The molecule has 0 radical (unpaired) electrons. The second-order valence-electron chi connectivity index (χ2n) is 6.66. The first-order valence-electron chi connectivity index (χ1n) is 8.88. The van der Waals surface area contributed by atoms with Crippen molar-refractivity contribution in [3.8, 4) is 22.4 Å². The zero-order valence-corrected chi connectivity index (χ0v) is 15.3. The number of hydrogen-bond acceptors (Lipinski definition) is 2. The van der Waals surface area contributed by atoms with Crippen LogP contribution in [0.3, 0.4) is 0 Å². The third-order valence-electron chi connectivity index (χ3n) is 4.74. The minimum Gasteiger partial charge on any atom is -0.265 e. The number of benzene rings is 3. The Morgan fingerprint density at radius 3 is 2.33 bits per heavy atom. The monoisotopic (exact) mass is 348 g/mol. The summed E-state index contributed by atoms with van der Waals surface area (Å²) in [5, 5.41) is 1.13. The molecule has 130 valence electrons. The highest BCUT2D eigenvalue weighted by atomic mass is 14.7. The summed E-state index contributed by atoms with van der Waals surface area (Å²) < 4.78 is 0. The molecule has 1 aromatic heterocycles. The van der Waals surface area contributed by atoms with Gasteiger partial charge in [0, 0.05) is 16.5 Å². The maximum absolute atomic E-state index is 4.84. The molecule has 0 N–H and O–H groups in total. The first kappa shape index (κ1) is 16.9. The van der Waals surface area contributed by atoms with E-state index in [-0.39, 0.29) is 0 Å². The van der Waals surface area contributed by atoms with Gasteiger partial charge in [-0.25, -0.2) is 4.98 Å². The van der Waals surface area contributed by atoms with Crippen molar-refractivity contribution < 1.29 is 0 Å². The molecule has 0 saturated carbocycles. The number of para-hydroxylation sites is 1. The minimum atomic E-state index is 0.658. The Kier molecular flexibility index (Phi) is 4.39. The van der Waals surface area contributed by atoms with Crippen LogP contribution in [-0.2, 0) is 0 Å². The van der Waals surface area contributed by atoms with Crippen LogP contribution >= 0.6 is 0 Å². The Morgan fingerprint density at radius 1 is 0.815 bits per heavy atom. The van der Waals surface area contributed by atoms with Gasteiger partial charge in [-0.2, -0.15) is 0 Å². The van der Waals surface area contributed by atoms with E-state index in [0.29, 0.717) is 5.70 Å². The molecule has 1 heterocycles. The van der Waals surface area contributed by atoms with Crippen LogP contribution in [0.4, 0.5) is 0 Å². The zero-order chi connectivity index (χ0) is 18.8. The Labute approximate surface area is 159 Å². The number of aromatic nitrogens is 1. The van der Waals surface area contributed by atoms with Crippen molar-refractivity contribution in [3.05, 3.63) is 96.6 Å². The SMILES string of the molecule is C=NC(=C)c1cc(-c2ccc(C)cc2)cc(-c2ccc3ccccc3n2)c1. The second-order valence-corrected chi connectivity index (χ2v) is 6.66. The summed E-state index contributed by atoms with van der Waals surface area (Å²) in [7, 11) is 0. The largest absolute Gasteiger partial charge is 0.265 e. The Balaban J connectivity index is 1.90. The molecule has 2 heteroatoms. The molecule has 0 atom stereocenters. The molecule has 0 amide bonds. The Bertz CT molecular complexity index is 1150. The molecule has 3 aromatic carbocycles. The van der Waals surface area contributed by atoms with Crippen molar-refractivity contribution in [1.29, 1.82) is 0 Å². The maximum Gasteiger partial charge on any atom is 0.0710 e. The molecule has 0 spiro atoms. The summed E-state index contributed by atoms with van der Waals surface area (Å²) in [6.45, 7) is 9.75. The molecule has 27 heavy (non-hydrogen) atoms. The molecular weight excluding hydrogens is 328 g/mol. The molecule has 0 aliphatic rings. The van der Waals surface area contributed by atoms with E-state index in [4.69, 9.17) is 4.98 Å². The summed E-state index contributed by atoms with van der Waals surface area (Å²) in [6, 6.07) is 27.2. The lowest BCUT2D eigenvalue weighted by atomic mass is 9.96. The number of nitrogens with zero attached hydrogens (tertiary/aromatic N) is 2. The zero-order valence-electron chi connectivity index (χ0n) is 15.3. The van der Waals surface area contributed by atoms with Crippen LogP contribution < -0.4 is 0 Å². The van der Waals surface area contributed by atoms with Crippen LogP contribution in [0.5, 0.6) is 0 Å². The third kappa shape index (κ3) is 3.42. The van der Waals surface area contributed by atoms with Gasteiger partial charge >= 0.3 is 0 Å². The lowest BCUT2D eigenvalue weighted by molar-refractivity contribution is 1.39. The number of aryl methyl sites for hydroxylation is 1. The summed E-state index contributed by atoms with van der Waals surface area (Å²) in [6.07, 6.45) is 0. The van der Waals surface area contributed by atoms with Crippen molar-refractivity contribution in [3.63, 3.8) is 0 Å². The maximum atomic E-state index is 4.84. The van der Waals surface area contributed by atoms with Gasteiger partial charge in [-0.1, -0.05) is 60.7 Å². The van der Waals surface area contributed by atoms with Crippen molar-refractivity contribution in [2.75, 3.05) is 0 Å². The molecule has 0 unspecified atom stereocenters. The van der Waals surface area contributed by atoms with Crippen LogP contribution in [0.1, 0.15) is 11.1 Å². The predicted molar refractivity (Wildman–Crippen MR) is 116 cm³/mol. The van der Waals surface area contributed by atoms with E-state index in [1.165, 1.54) is 5.56 Å². The van der Waals surface area contributed by atoms with Crippen LogP contribution in [-0.4, -0.2) is 11.7 Å². The smallest absolute Gasteiger partial charge is 0.0710 e. The molecule has 4 aromatic rings. The fourth-order valence-electron chi connectivity index (χ4n) is 3.17. The molecule has 0 saturated heterocycles. The van der Waals surface area contributed by atoms with Crippen molar-refractivity contribution in [2.24, 2.45) is 4.99 Å². The van der Waals surface area contributed by atoms with Gasteiger partial charge in [0.2, 0.25) is 0 Å². The number of rotatable bonds is 4. The van der Waals surface area contributed by atoms with Gasteiger partial charge in [0.25, 0.3) is 0 Å². The third-order valence-corrected chi connectivity index (χ3v) is 4.74. The molecule has 4 rings (SSSR count). The van der Waals surface area contributed by atoms with Crippen LogP contribution in [0.15, 0.2) is 90.4 Å². The summed E-state index contributed by atoms with van der Waals surface area (Å²) >= 11 is 0.